The van der Waals surface area contributed by atoms with Gasteiger partial charge in [-0.05, 0) is 19.1 Å². The van der Waals surface area contributed by atoms with Gasteiger partial charge >= 0.3 is 0 Å². The van der Waals surface area contributed by atoms with Gasteiger partial charge in [0, 0.05) is 44.2 Å². The molecule has 9 heteroatoms. The van der Waals surface area contributed by atoms with E-state index < -0.39 is 11.0 Å². The van der Waals surface area contributed by atoms with E-state index in [-0.39, 0.29) is 5.95 Å². The normalized spacial score (nSPS) is 16.0. The Kier molecular flexibility index (Phi) is 5.35. The molecule has 1 saturated heterocycles. The summed E-state index contributed by atoms with van der Waals surface area (Å²) >= 11 is 0. The van der Waals surface area contributed by atoms with Crippen LogP contribution in [0, 0.1) is 18.8 Å². The number of nitrogen functional groups attached to an aromatic ring is 2. The second kappa shape index (κ2) is 7.68. The molecule has 2 aromatic rings. The molecule has 0 aromatic carbocycles. The number of hydrogen-bond donors (Lipinski definition) is 2. The molecule has 0 amide bonds. The van der Waals surface area contributed by atoms with Crippen molar-refractivity contribution in [2.24, 2.45) is 0 Å². The summed E-state index contributed by atoms with van der Waals surface area (Å²) in [7, 11) is -0.964. The maximum Gasteiger partial charge on any atom is 0.222 e. The summed E-state index contributed by atoms with van der Waals surface area (Å²) in [6.45, 7) is 4.66. The van der Waals surface area contributed by atoms with Gasteiger partial charge < -0.3 is 16.4 Å². The zero-order valence-electron chi connectivity index (χ0n) is 14.8. The van der Waals surface area contributed by atoms with Gasteiger partial charge in [-0.3, -0.25) is 0 Å². The van der Waals surface area contributed by atoms with Crippen LogP contribution in [0.15, 0.2) is 18.3 Å². The highest BCUT2D eigenvalue weighted by molar-refractivity contribution is 7.81. The number of nitrogens with two attached hydrogens (primary N) is 2. The Morgan fingerprint density at radius 3 is 2.46 bits per heavy atom. The molecule has 3 rings (SSSR count). The van der Waals surface area contributed by atoms with Gasteiger partial charge in [0.25, 0.3) is 0 Å². The molecule has 8 nitrogen and oxygen atoms in total. The summed E-state index contributed by atoms with van der Waals surface area (Å²) in [5.74, 6) is 7.62. The van der Waals surface area contributed by atoms with E-state index in [9.17, 15) is 4.21 Å². The van der Waals surface area contributed by atoms with Crippen LogP contribution in [0.5, 0.6) is 0 Å². The molecule has 0 aliphatic carbocycles. The van der Waals surface area contributed by atoms with Gasteiger partial charge in [-0.15, -0.1) is 0 Å². The Morgan fingerprint density at radius 1 is 1.12 bits per heavy atom. The van der Waals surface area contributed by atoms with Crippen molar-refractivity contribution in [1.82, 2.24) is 19.3 Å². The monoisotopic (exact) mass is 371 g/mol. The average molecular weight is 371 g/mol. The number of nitrogens with zero attached hydrogens (tertiary/aromatic N) is 5. The molecule has 0 radical (unpaired) electrons. The zero-order chi connectivity index (χ0) is 18.7. The molecule has 136 valence electrons. The molecule has 0 bridgehead atoms. The second-order valence-electron chi connectivity index (χ2n) is 5.93. The first kappa shape index (κ1) is 18.1. The van der Waals surface area contributed by atoms with Crippen molar-refractivity contribution in [3.05, 3.63) is 35.2 Å². The number of pyridine rings is 1. The van der Waals surface area contributed by atoms with Crippen molar-refractivity contribution in [3.63, 3.8) is 0 Å². The lowest BCUT2D eigenvalue weighted by molar-refractivity contribution is 0.410. The van der Waals surface area contributed by atoms with Crippen molar-refractivity contribution >= 4 is 28.6 Å². The molecule has 3 heterocycles. The van der Waals surface area contributed by atoms with Crippen LogP contribution >= 0.6 is 0 Å². The van der Waals surface area contributed by atoms with Crippen molar-refractivity contribution in [2.45, 2.75) is 6.92 Å². The summed E-state index contributed by atoms with van der Waals surface area (Å²) in [5, 5.41) is 0. The first-order valence-electron chi connectivity index (χ1n) is 8.15. The standard InChI is InChI=1S/C17H21N7OS/c1-12-14(5-3-13-4-6-15(18)20-11-13)16(22-17(19)21-12)23-7-9-24(10-8-23)26(2)25/h4,6,11H,7-10H2,1-2H3,(H2,18,20)(H2,19,21,22). The van der Waals surface area contributed by atoms with Crippen LogP contribution in [0.25, 0.3) is 0 Å². The Morgan fingerprint density at radius 2 is 1.85 bits per heavy atom. The molecular formula is C17H21N7OS. The molecule has 4 N–H and O–H groups in total. The molecule has 1 fully saturated rings. The zero-order valence-corrected chi connectivity index (χ0v) is 15.6. The first-order valence-corrected chi connectivity index (χ1v) is 9.66. The van der Waals surface area contributed by atoms with E-state index in [1.807, 2.05) is 17.3 Å². The maximum atomic E-state index is 11.6. The SMILES string of the molecule is Cc1nc(N)nc(N2CCN(S(C)=O)CC2)c1C#Cc1ccc(N)nc1. The van der Waals surface area contributed by atoms with Gasteiger partial charge in [0.2, 0.25) is 5.95 Å². The van der Waals surface area contributed by atoms with E-state index in [1.165, 1.54) is 0 Å². The topological polar surface area (TPSA) is 114 Å². The summed E-state index contributed by atoms with van der Waals surface area (Å²) in [4.78, 5) is 14.8. The quantitative estimate of drug-likeness (QED) is 0.723. The number of rotatable bonds is 2. The van der Waals surface area contributed by atoms with Crippen molar-refractivity contribution in [1.29, 1.82) is 0 Å². The van der Waals surface area contributed by atoms with Crippen molar-refractivity contribution in [2.75, 3.05) is 48.8 Å². The summed E-state index contributed by atoms with van der Waals surface area (Å²) in [6, 6.07) is 3.53. The highest BCUT2D eigenvalue weighted by Gasteiger charge is 2.23. The third-order valence-corrected chi connectivity index (χ3v) is 5.20. The Balaban J connectivity index is 1.91. The van der Waals surface area contributed by atoms with Gasteiger partial charge in [0.1, 0.15) is 11.6 Å². The van der Waals surface area contributed by atoms with E-state index in [0.717, 1.165) is 16.8 Å². The Hall–Kier alpha value is -2.70. The van der Waals surface area contributed by atoms with Crippen LogP contribution in [-0.2, 0) is 11.0 Å². The highest BCUT2D eigenvalue weighted by Crippen LogP contribution is 2.22. The summed E-state index contributed by atoms with van der Waals surface area (Å²) in [5.41, 5.74) is 13.7. The average Bonchev–Trinajstić information content (AvgIpc) is 2.62. The predicted octanol–water partition coefficient (Wildman–Crippen LogP) is 0.160. The van der Waals surface area contributed by atoms with Crippen LogP contribution < -0.4 is 16.4 Å². The number of piperazine rings is 1. The minimum Gasteiger partial charge on any atom is -0.384 e. The fraction of sp³-hybridized carbons (Fsp3) is 0.353. The number of anilines is 3. The second-order valence-corrected chi connectivity index (χ2v) is 7.29. The minimum absolute atomic E-state index is 0.221. The molecule has 1 atom stereocenters. The van der Waals surface area contributed by atoms with Gasteiger partial charge in [0.05, 0.1) is 22.2 Å². The lowest BCUT2D eigenvalue weighted by atomic mass is 10.1. The number of aryl methyl sites for hydroxylation is 1. The number of aromatic nitrogens is 3. The smallest absolute Gasteiger partial charge is 0.222 e. The lowest BCUT2D eigenvalue weighted by Crippen LogP contribution is -2.47. The Labute approximate surface area is 155 Å². The van der Waals surface area contributed by atoms with E-state index in [4.69, 9.17) is 11.5 Å². The van der Waals surface area contributed by atoms with E-state index in [1.54, 1.807) is 18.5 Å². The minimum atomic E-state index is -0.964. The molecule has 1 unspecified atom stereocenters. The van der Waals surface area contributed by atoms with Gasteiger partial charge in [-0.2, -0.15) is 4.98 Å². The van der Waals surface area contributed by atoms with Crippen LogP contribution in [0.3, 0.4) is 0 Å². The van der Waals surface area contributed by atoms with Gasteiger partial charge in [0.15, 0.2) is 0 Å². The fourth-order valence-corrected chi connectivity index (χ4v) is 3.40. The lowest BCUT2D eigenvalue weighted by Gasteiger charge is -2.34. The first-order chi connectivity index (χ1) is 12.4. The predicted molar refractivity (Wildman–Crippen MR) is 104 cm³/mol. The number of hydrogen-bond acceptors (Lipinski definition) is 7. The molecule has 0 spiro atoms. The van der Waals surface area contributed by atoms with Crippen LogP contribution in [0.1, 0.15) is 16.8 Å². The molecule has 2 aromatic heterocycles. The summed E-state index contributed by atoms with van der Waals surface area (Å²) < 4.78 is 13.6. The van der Waals surface area contributed by atoms with Crippen LogP contribution in [-0.4, -0.2) is 55.9 Å². The van der Waals surface area contributed by atoms with E-state index >= 15 is 0 Å². The van der Waals surface area contributed by atoms with Gasteiger partial charge in [-0.25, -0.2) is 18.5 Å². The van der Waals surface area contributed by atoms with Crippen molar-refractivity contribution < 1.29 is 4.21 Å². The highest BCUT2D eigenvalue weighted by atomic mass is 32.2. The molecule has 1 aliphatic heterocycles. The van der Waals surface area contributed by atoms with Crippen molar-refractivity contribution in [3.8, 4) is 11.8 Å². The molecular weight excluding hydrogens is 350 g/mol. The third kappa shape index (κ3) is 4.09. The Bertz CT molecular complexity index is 880. The maximum absolute atomic E-state index is 11.6. The molecule has 1 aliphatic rings. The molecule has 26 heavy (non-hydrogen) atoms. The van der Waals surface area contributed by atoms with E-state index in [2.05, 4.69) is 31.7 Å². The fourth-order valence-electron chi connectivity index (χ4n) is 2.73. The largest absolute Gasteiger partial charge is 0.384 e. The van der Waals surface area contributed by atoms with Crippen LogP contribution in [0.4, 0.5) is 17.6 Å². The van der Waals surface area contributed by atoms with E-state index in [0.29, 0.717) is 37.8 Å². The van der Waals surface area contributed by atoms with Gasteiger partial charge in [-0.1, -0.05) is 11.8 Å². The van der Waals surface area contributed by atoms with Crippen LogP contribution in [0.2, 0.25) is 0 Å². The third-order valence-electron chi connectivity index (χ3n) is 4.11. The summed E-state index contributed by atoms with van der Waals surface area (Å²) in [6.07, 6.45) is 3.32. The molecule has 0 saturated carbocycles.